The summed E-state index contributed by atoms with van der Waals surface area (Å²) in [6.45, 7) is 8.49. The molecule has 0 bridgehead atoms. The van der Waals surface area contributed by atoms with Gasteiger partial charge >= 0.3 is 0 Å². The predicted octanol–water partition coefficient (Wildman–Crippen LogP) is 3.87. The molecule has 0 radical (unpaired) electrons. The third-order valence-electron chi connectivity index (χ3n) is 5.63. The maximum Gasteiger partial charge on any atom is 0.260 e. The van der Waals surface area contributed by atoms with E-state index in [9.17, 15) is 9.59 Å². The maximum absolute atomic E-state index is 12.6. The van der Waals surface area contributed by atoms with E-state index in [4.69, 9.17) is 4.74 Å². The van der Waals surface area contributed by atoms with Crippen molar-refractivity contribution in [3.8, 4) is 5.75 Å². The van der Waals surface area contributed by atoms with Gasteiger partial charge in [0.15, 0.2) is 6.61 Å². The lowest BCUT2D eigenvalue weighted by molar-refractivity contribution is -0.134. The molecule has 1 atom stereocenters. The molecule has 5 nitrogen and oxygen atoms in total. The van der Waals surface area contributed by atoms with Gasteiger partial charge in [0, 0.05) is 31.7 Å². The van der Waals surface area contributed by atoms with E-state index in [-0.39, 0.29) is 18.4 Å². The monoisotopic (exact) mass is 394 g/mol. The Bertz CT molecular complexity index is 839. The van der Waals surface area contributed by atoms with Crippen molar-refractivity contribution >= 4 is 11.8 Å². The van der Waals surface area contributed by atoms with Crippen LogP contribution in [0.25, 0.3) is 0 Å². The van der Waals surface area contributed by atoms with E-state index in [1.165, 1.54) is 0 Å². The summed E-state index contributed by atoms with van der Waals surface area (Å²) in [5, 5.41) is 0. The Balaban J connectivity index is 1.52. The Hall–Kier alpha value is -2.82. The zero-order valence-corrected chi connectivity index (χ0v) is 17.6. The molecule has 5 heteroatoms. The molecule has 1 aliphatic heterocycles. The van der Waals surface area contributed by atoms with Crippen LogP contribution in [-0.4, -0.2) is 54.4 Å². The Labute approximate surface area is 173 Å². The summed E-state index contributed by atoms with van der Waals surface area (Å²) in [4.78, 5) is 28.8. The van der Waals surface area contributed by atoms with E-state index in [2.05, 4.69) is 19.9 Å². The largest absolute Gasteiger partial charge is 0.483 e. The fraction of sp³-hybridized carbons (Fsp3) is 0.417. The zero-order valence-electron chi connectivity index (χ0n) is 17.6. The molecule has 0 aromatic heterocycles. The minimum atomic E-state index is -0.0358. The van der Waals surface area contributed by atoms with E-state index in [1.807, 2.05) is 54.3 Å². The van der Waals surface area contributed by atoms with Crippen molar-refractivity contribution in [3.63, 3.8) is 0 Å². The average molecular weight is 395 g/mol. The fourth-order valence-electron chi connectivity index (χ4n) is 3.51. The molecule has 0 aliphatic carbocycles. The maximum atomic E-state index is 12.6. The highest BCUT2D eigenvalue weighted by Crippen LogP contribution is 2.28. The lowest BCUT2D eigenvalue weighted by Gasteiger charge is -2.34. The lowest BCUT2D eigenvalue weighted by Crippen LogP contribution is -2.51. The van der Waals surface area contributed by atoms with Crippen molar-refractivity contribution in [2.45, 2.75) is 33.1 Å². The summed E-state index contributed by atoms with van der Waals surface area (Å²) >= 11 is 0. The second-order valence-corrected chi connectivity index (χ2v) is 7.67. The molecule has 2 aromatic carbocycles. The van der Waals surface area contributed by atoms with Crippen LogP contribution >= 0.6 is 0 Å². The number of piperazine rings is 1. The standard InChI is InChI=1S/C24H30N2O3/c1-4-19(3)21-7-5-6-8-22(21)29-17-23(27)25-13-15-26(16-14-25)24(28)20-11-9-18(2)10-12-20/h5-12,19H,4,13-17H2,1-3H3. The van der Waals surface area contributed by atoms with Crippen LogP contribution in [0.3, 0.4) is 0 Å². The van der Waals surface area contributed by atoms with Crippen LogP contribution in [0.1, 0.15) is 47.7 Å². The number of aryl methyl sites for hydroxylation is 1. The van der Waals surface area contributed by atoms with Crippen LogP contribution < -0.4 is 4.74 Å². The Kier molecular flexibility index (Phi) is 6.91. The summed E-state index contributed by atoms with van der Waals surface area (Å²) < 4.78 is 5.86. The normalized spacial score (nSPS) is 15.1. The van der Waals surface area contributed by atoms with Crippen molar-refractivity contribution in [1.29, 1.82) is 0 Å². The van der Waals surface area contributed by atoms with Crippen molar-refractivity contribution in [2.75, 3.05) is 32.8 Å². The molecule has 154 valence electrons. The van der Waals surface area contributed by atoms with Crippen LogP contribution in [0.2, 0.25) is 0 Å². The smallest absolute Gasteiger partial charge is 0.260 e. The molecular formula is C24H30N2O3. The molecule has 1 heterocycles. The molecule has 2 amide bonds. The number of carbonyl (C=O) groups excluding carboxylic acids is 2. The minimum absolute atomic E-state index is 0.0239. The number of para-hydroxylation sites is 1. The second kappa shape index (κ2) is 9.59. The molecule has 2 aromatic rings. The quantitative estimate of drug-likeness (QED) is 0.747. The highest BCUT2D eigenvalue weighted by Gasteiger charge is 2.25. The van der Waals surface area contributed by atoms with Gasteiger partial charge in [-0.2, -0.15) is 0 Å². The SMILES string of the molecule is CCC(C)c1ccccc1OCC(=O)N1CCN(C(=O)c2ccc(C)cc2)CC1. The molecule has 1 saturated heterocycles. The number of hydrogen-bond donors (Lipinski definition) is 0. The first kappa shape index (κ1) is 20.9. The van der Waals surface area contributed by atoms with Gasteiger partial charge in [0.25, 0.3) is 11.8 Å². The Morgan fingerprint density at radius 2 is 1.59 bits per heavy atom. The van der Waals surface area contributed by atoms with E-state index in [0.717, 1.165) is 23.3 Å². The number of ether oxygens (including phenoxy) is 1. The van der Waals surface area contributed by atoms with Crippen molar-refractivity contribution in [1.82, 2.24) is 9.80 Å². The molecule has 0 saturated carbocycles. The van der Waals surface area contributed by atoms with Gasteiger partial charge in [0.05, 0.1) is 0 Å². The number of hydrogen-bond acceptors (Lipinski definition) is 3. The minimum Gasteiger partial charge on any atom is -0.483 e. The van der Waals surface area contributed by atoms with Crippen LogP contribution in [0, 0.1) is 6.92 Å². The Morgan fingerprint density at radius 3 is 2.24 bits per heavy atom. The van der Waals surface area contributed by atoms with E-state index < -0.39 is 0 Å². The second-order valence-electron chi connectivity index (χ2n) is 7.67. The summed E-state index contributed by atoms with van der Waals surface area (Å²) in [5.41, 5.74) is 2.96. The molecule has 1 unspecified atom stereocenters. The van der Waals surface area contributed by atoms with Crippen molar-refractivity contribution in [3.05, 3.63) is 65.2 Å². The Morgan fingerprint density at radius 1 is 0.966 bits per heavy atom. The summed E-state index contributed by atoms with van der Waals surface area (Å²) in [6.07, 6.45) is 1.02. The zero-order chi connectivity index (χ0) is 20.8. The topological polar surface area (TPSA) is 49.9 Å². The van der Waals surface area contributed by atoms with E-state index in [0.29, 0.717) is 37.7 Å². The highest BCUT2D eigenvalue weighted by atomic mass is 16.5. The number of rotatable bonds is 6. The van der Waals surface area contributed by atoms with E-state index in [1.54, 1.807) is 4.90 Å². The molecule has 0 spiro atoms. The van der Waals surface area contributed by atoms with E-state index >= 15 is 0 Å². The summed E-state index contributed by atoms with van der Waals surface area (Å²) in [5.74, 6) is 1.16. The first-order chi connectivity index (χ1) is 14.0. The molecule has 0 N–H and O–H groups in total. The van der Waals surface area contributed by atoms with Crippen molar-refractivity contribution in [2.24, 2.45) is 0 Å². The van der Waals surface area contributed by atoms with Gasteiger partial charge in [-0.3, -0.25) is 9.59 Å². The van der Waals surface area contributed by atoms with Gasteiger partial charge in [-0.05, 0) is 43.0 Å². The highest BCUT2D eigenvalue weighted by molar-refractivity contribution is 5.94. The number of nitrogens with zero attached hydrogens (tertiary/aromatic N) is 2. The molecule has 1 aliphatic rings. The summed E-state index contributed by atoms with van der Waals surface area (Å²) in [7, 11) is 0. The number of benzene rings is 2. The van der Waals surface area contributed by atoms with Crippen LogP contribution in [0.4, 0.5) is 0 Å². The van der Waals surface area contributed by atoms with Gasteiger partial charge in [-0.1, -0.05) is 49.7 Å². The third kappa shape index (κ3) is 5.17. The van der Waals surface area contributed by atoms with Gasteiger partial charge < -0.3 is 14.5 Å². The van der Waals surface area contributed by atoms with Gasteiger partial charge in [-0.15, -0.1) is 0 Å². The molecular weight excluding hydrogens is 364 g/mol. The summed E-state index contributed by atoms with van der Waals surface area (Å²) in [6, 6.07) is 15.5. The molecule has 3 rings (SSSR count). The van der Waals surface area contributed by atoms with Gasteiger partial charge in [0.2, 0.25) is 0 Å². The van der Waals surface area contributed by atoms with Gasteiger partial charge in [-0.25, -0.2) is 0 Å². The average Bonchev–Trinajstić information content (AvgIpc) is 2.77. The fourth-order valence-corrected chi connectivity index (χ4v) is 3.51. The van der Waals surface area contributed by atoms with Crippen LogP contribution in [0.15, 0.2) is 48.5 Å². The molecule has 1 fully saturated rings. The van der Waals surface area contributed by atoms with Crippen molar-refractivity contribution < 1.29 is 14.3 Å². The van der Waals surface area contributed by atoms with Gasteiger partial charge in [0.1, 0.15) is 5.75 Å². The molecule has 29 heavy (non-hydrogen) atoms. The first-order valence-corrected chi connectivity index (χ1v) is 10.3. The number of amides is 2. The third-order valence-corrected chi connectivity index (χ3v) is 5.63. The first-order valence-electron chi connectivity index (χ1n) is 10.3. The number of carbonyl (C=O) groups is 2. The van der Waals surface area contributed by atoms with Crippen LogP contribution in [-0.2, 0) is 4.79 Å². The lowest BCUT2D eigenvalue weighted by atomic mass is 9.98. The predicted molar refractivity (Wildman–Crippen MR) is 114 cm³/mol. The van der Waals surface area contributed by atoms with Crippen LogP contribution in [0.5, 0.6) is 5.75 Å².